The zero-order valence-electron chi connectivity index (χ0n) is 19.7. The highest BCUT2D eigenvalue weighted by Gasteiger charge is 2.17. The van der Waals surface area contributed by atoms with Crippen LogP contribution in [0.3, 0.4) is 0 Å². The first-order valence-electron chi connectivity index (χ1n) is 11.8. The molecule has 1 heterocycles. The van der Waals surface area contributed by atoms with Crippen molar-refractivity contribution >= 4 is 27.3 Å². The molecule has 0 unspecified atom stereocenters. The van der Waals surface area contributed by atoms with Gasteiger partial charge in [0.2, 0.25) is 10.0 Å². The third kappa shape index (κ3) is 8.05. The summed E-state index contributed by atoms with van der Waals surface area (Å²) in [6.07, 6.45) is 2.48. The number of piperazine rings is 1. The molecule has 0 aromatic heterocycles. The third-order valence-electron chi connectivity index (χ3n) is 5.80. The van der Waals surface area contributed by atoms with E-state index >= 15 is 0 Å². The summed E-state index contributed by atoms with van der Waals surface area (Å²) >= 11 is 0. The molecule has 2 aromatic rings. The molecule has 3 rings (SSSR count). The van der Waals surface area contributed by atoms with Crippen LogP contribution in [0.4, 0.5) is 11.4 Å². The standard InChI is InChI=1S/C25H36N4O3S/c1-3-18-33(31,32)27-23-10-7-9-22(20-23)25(30)26-12-4-5-13-28-14-16-29(17-15-28)24-11-6-8-21(2)19-24/h6-11,19-20,27H,3-5,12-18H2,1-2H3,(H,26,30). The molecule has 0 radical (unpaired) electrons. The monoisotopic (exact) mass is 472 g/mol. The number of carbonyl (C=O) groups excluding carboxylic acids is 1. The molecule has 0 saturated carbocycles. The molecule has 2 aromatic carbocycles. The summed E-state index contributed by atoms with van der Waals surface area (Å²) in [6, 6.07) is 15.3. The number of nitrogens with zero attached hydrogens (tertiary/aromatic N) is 2. The first-order valence-corrected chi connectivity index (χ1v) is 13.4. The van der Waals surface area contributed by atoms with Crippen molar-refractivity contribution in [1.29, 1.82) is 0 Å². The molecule has 33 heavy (non-hydrogen) atoms. The molecule has 1 saturated heterocycles. The van der Waals surface area contributed by atoms with Gasteiger partial charge in [0.15, 0.2) is 0 Å². The fourth-order valence-corrected chi connectivity index (χ4v) is 5.17. The second kappa shape index (κ2) is 12.0. The van der Waals surface area contributed by atoms with Crippen molar-refractivity contribution in [2.45, 2.75) is 33.1 Å². The average Bonchev–Trinajstić information content (AvgIpc) is 2.79. The molecule has 0 atom stereocenters. The lowest BCUT2D eigenvalue weighted by atomic mass is 10.2. The lowest BCUT2D eigenvalue weighted by molar-refractivity contribution is 0.0952. The Balaban J connectivity index is 1.34. The number of hydrogen-bond donors (Lipinski definition) is 2. The Hall–Kier alpha value is -2.58. The molecule has 8 heteroatoms. The summed E-state index contributed by atoms with van der Waals surface area (Å²) in [7, 11) is -3.37. The van der Waals surface area contributed by atoms with E-state index in [1.54, 1.807) is 24.3 Å². The molecule has 1 fully saturated rings. The number of benzene rings is 2. The number of carbonyl (C=O) groups is 1. The maximum atomic E-state index is 12.4. The van der Waals surface area contributed by atoms with E-state index in [1.165, 1.54) is 11.3 Å². The van der Waals surface area contributed by atoms with Crippen molar-refractivity contribution in [3.05, 3.63) is 59.7 Å². The van der Waals surface area contributed by atoms with Crippen LogP contribution in [-0.4, -0.2) is 64.2 Å². The maximum Gasteiger partial charge on any atom is 0.251 e. The Morgan fingerprint density at radius 1 is 1.00 bits per heavy atom. The number of sulfonamides is 1. The number of aryl methyl sites for hydroxylation is 1. The predicted octanol–water partition coefficient (Wildman–Crippen LogP) is 3.48. The van der Waals surface area contributed by atoms with Crippen LogP contribution in [0, 0.1) is 6.92 Å². The highest BCUT2D eigenvalue weighted by Crippen LogP contribution is 2.18. The Labute approximate surface area is 198 Å². The van der Waals surface area contributed by atoms with Gasteiger partial charge in [-0.15, -0.1) is 0 Å². The lowest BCUT2D eigenvalue weighted by Crippen LogP contribution is -2.46. The van der Waals surface area contributed by atoms with Gasteiger partial charge in [0.1, 0.15) is 0 Å². The van der Waals surface area contributed by atoms with Crippen LogP contribution in [-0.2, 0) is 10.0 Å². The van der Waals surface area contributed by atoms with E-state index in [-0.39, 0.29) is 11.7 Å². The smallest absolute Gasteiger partial charge is 0.251 e. The molecular weight excluding hydrogens is 436 g/mol. The minimum atomic E-state index is -3.37. The van der Waals surface area contributed by atoms with Crippen LogP contribution in [0.15, 0.2) is 48.5 Å². The van der Waals surface area contributed by atoms with Gasteiger partial charge < -0.3 is 10.2 Å². The van der Waals surface area contributed by atoms with Gasteiger partial charge in [0.25, 0.3) is 5.91 Å². The van der Waals surface area contributed by atoms with Crippen LogP contribution < -0.4 is 14.9 Å². The molecule has 0 spiro atoms. The highest BCUT2D eigenvalue weighted by molar-refractivity contribution is 7.92. The van der Waals surface area contributed by atoms with Gasteiger partial charge in [-0.25, -0.2) is 8.42 Å². The topological polar surface area (TPSA) is 81.7 Å². The van der Waals surface area contributed by atoms with Crippen LogP contribution in [0.2, 0.25) is 0 Å². The largest absolute Gasteiger partial charge is 0.369 e. The fourth-order valence-electron chi connectivity index (χ4n) is 4.04. The van der Waals surface area contributed by atoms with Gasteiger partial charge in [-0.05, 0) is 68.6 Å². The molecule has 2 N–H and O–H groups in total. The summed E-state index contributed by atoms with van der Waals surface area (Å²) in [6.45, 7) is 9.78. The summed E-state index contributed by atoms with van der Waals surface area (Å²) < 4.78 is 26.4. The van der Waals surface area contributed by atoms with Gasteiger partial charge in [-0.1, -0.05) is 25.1 Å². The quantitative estimate of drug-likeness (QED) is 0.490. The summed E-state index contributed by atoms with van der Waals surface area (Å²) in [5, 5.41) is 2.94. The SMILES string of the molecule is CCCS(=O)(=O)Nc1cccc(C(=O)NCCCCN2CCN(c3cccc(C)c3)CC2)c1. The molecular formula is C25H36N4O3S. The average molecular weight is 473 g/mol. The van der Waals surface area contributed by atoms with E-state index in [1.807, 2.05) is 6.92 Å². The van der Waals surface area contributed by atoms with Crippen molar-refractivity contribution < 1.29 is 13.2 Å². The van der Waals surface area contributed by atoms with Crippen LogP contribution in [0.5, 0.6) is 0 Å². The second-order valence-corrected chi connectivity index (χ2v) is 10.5. The molecule has 1 amide bonds. The number of hydrogen-bond acceptors (Lipinski definition) is 5. The minimum absolute atomic E-state index is 0.0599. The van der Waals surface area contributed by atoms with E-state index in [9.17, 15) is 13.2 Å². The first kappa shape index (κ1) is 25.1. The molecule has 0 aliphatic carbocycles. The summed E-state index contributed by atoms with van der Waals surface area (Å²) in [5.74, 6) is -0.122. The van der Waals surface area contributed by atoms with E-state index in [0.29, 0.717) is 24.2 Å². The van der Waals surface area contributed by atoms with Gasteiger partial charge in [-0.3, -0.25) is 14.4 Å². The van der Waals surface area contributed by atoms with E-state index in [2.05, 4.69) is 51.0 Å². The number of rotatable bonds is 11. The van der Waals surface area contributed by atoms with E-state index < -0.39 is 10.0 Å². The number of anilines is 2. The Morgan fingerprint density at radius 2 is 1.76 bits per heavy atom. The van der Waals surface area contributed by atoms with Gasteiger partial charge in [0.05, 0.1) is 5.75 Å². The first-order chi connectivity index (χ1) is 15.9. The van der Waals surface area contributed by atoms with Crippen LogP contribution in [0.25, 0.3) is 0 Å². The van der Waals surface area contributed by atoms with E-state index in [4.69, 9.17) is 0 Å². The Bertz CT molecular complexity index is 1020. The molecule has 180 valence electrons. The van der Waals surface area contributed by atoms with Gasteiger partial charge in [0, 0.05) is 49.7 Å². The highest BCUT2D eigenvalue weighted by atomic mass is 32.2. The summed E-state index contributed by atoms with van der Waals surface area (Å²) in [5.41, 5.74) is 3.47. The summed E-state index contributed by atoms with van der Waals surface area (Å²) in [4.78, 5) is 17.4. The third-order valence-corrected chi connectivity index (χ3v) is 7.29. The van der Waals surface area contributed by atoms with Crippen molar-refractivity contribution in [1.82, 2.24) is 10.2 Å². The van der Waals surface area contributed by atoms with Crippen LogP contribution in [0.1, 0.15) is 42.1 Å². The Kier molecular flexibility index (Phi) is 9.14. The number of unbranched alkanes of at least 4 members (excludes halogenated alkanes) is 1. The van der Waals surface area contributed by atoms with Crippen molar-refractivity contribution in [3.8, 4) is 0 Å². The maximum absolute atomic E-state index is 12.4. The van der Waals surface area contributed by atoms with Crippen molar-refractivity contribution in [2.75, 3.05) is 54.6 Å². The predicted molar refractivity (Wildman–Crippen MR) is 136 cm³/mol. The van der Waals surface area contributed by atoms with Crippen molar-refractivity contribution in [2.24, 2.45) is 0 Å². The van der Waals surface area contributed by atoms with E-state index in [0.717, 1.165) is 45.6 Å². The molecule has 1 aliphatic heterocycles. The molecule has 0 bridgehead atoms. The van der Waals surface area contributed by atoms with Gasteiger partial charge in [-0.2, -0.15) is 0 Å². The zero-order valence-corrected chi connectivity index (χ0v) is 20.5. The lowest BCUT2D eigenvalue weighted by Gasteiger charge is -2.36. The van der Waals surface area contributed by atoms with Crippen LogP contribution >= 0.6 is 0 Å². The minimum Gasteiger partial charge on any atom is -0.369 e. The Morgan fingerprint density at radius 3 is 2.48 bits per heavy atom. The van der Waals surface area contributed by atoms with Crippen molar-refractivity contribution in [3.63, 3.8) is 0 Å². The molecule has 1 aliphatic rings. The fraction of sp³-hybridized carbons (Fsp3) is 0.480. The number of nitrogens with one attached hydrogen (secondary N) is 2. The normalized spacial score (nSPS) is 14.8. The molecule has 7 nitrogen and oxygen atoms in total. The number of amides is 1. The second-order valence-electron chi connectivity index (χ2n) is 8.63. The zero-order chi connectivity index (χ0) is 23.7. The van der Waals surface area contributed by atoms with Gasteiger partial charge >= 0.3 is 0 Å².